The van der Waals surface area contributed by atoms with E-state index in [1.165, 1.54) is 0 Å². The van der Waals surface area contributed by atoms with Crippen LogP contribution in [0.15, 0.2) is 70.3 Å². The fraction of sp³-hybridized carbons (Fsp3) is 0.296. The summed E-state index contributed by atoms with van der Waals surface area (Å²) >= 11 is 3.65. The van der Waals surface area contributed by atoms with Crippen molar-refractivity contribution in [2.75, 3.05) is 0 Å². The Morgan fingerprint density at radius 1 is 1.03 bits per heavy atom. The highest BCUT2D eigenvalue weighted by Gasteiger charge is 2.18. The van der Waals surface area contributed by atoms with Crippen molar-refractivity contribution >= 4 is 15.9 Å². The topological polar surface area (TPSA) is 99.2 Å². The van der Waals surface area contributed by atoms with Crippen LogP contribution in [-0.2, 0) is 19.5 Å². The molecular formula is C27H29BrN8O. The minimum absolute atomic E-state index is 0.0462. The molecule has 0 amide bonds. The molecule has 0 radical (unpaired) electrons. The highest BCUT2D eigenvalue weighted by Crippen LogP contribution is 2.28. The summed E-state index contributed by atoms with van der Waals surface area (Å²) in [6.07, 6.45) is 9.77. The first-order valence-corrected chi connectivity index (χ1v) is 13.3. The molecule has 0 atom stereocenters. The fourth-order valence-corrected chi connectivity index (χ4v) is 5.10. The summed E-state index contributed by atoms with van der Waals surface area (Å²) in [5.41, 5.74) is 4.56. The molecule has 0 aliphatic carbocycles. The largest absolute Gasteiger partial charge is 0.334 e. The van der Waals surface area contributed by atoms with Crippen LogP contribution in [0, 0.1) is 0 Å². The predicted molar refractivity (Wildman–Crippen MR) is 147 cm³/mol. The molecule has 5 rings (SSSR count). The molecule has 0 fully saturated rings. The zero-order valence-electron chi connectivity index (χ0n) is 20.9. The van der Waals surface area contributed by atoms with Gasteiger partial charge >= 0.3 is 5.69 Å². The van der Waals surface area contributed by atoms with Crippen molar-refractivity contribution in [3.63, 3.8) is 0 Å². The first kappa shape index (κ1) is 24.9. The number of nitrogens with zero attached hydrogens (tertiary/aromatic N) is 7. The van der Waals surface area contributed by atoms with Crippen molar-refractivity contribution in [3.05, 3.63) is 87.3 Å². The van der Waals surface area contributed by atoms with E-state index in [2.05, 4.69) is 55.0 Å². The lowest BCUT2D eigenvalue weighted by molar-refractivity contribution is 0.643. The third-order valence-electron chi connectivity index (χ3n) is 6.40. The second kappa shape index (κ2) is 11.1. The molecule has 0 bridgehead atoms. The quantitative estimate of drug-likeness (QED) is 0.251. The lowest BCUT2D eigenvalue weighted by atomic mass is 10.0. The summed E-state index contributed by atoms with van der Waals surface area (Å²) in [5, 5.41) is 14.3. The van der Waals surface area contributed by atoms with E-state index < -0.39 is 0 Å². The molecule has 0 saturated heterocycles. The molecule has 0 spiro atoms. The van der Waals surface area contributed by atoms with Crippen LogP contribution < -0.4 is 5.69 Å². The standard InChI is InChI=1S/C27H29BrN8O/c1-3-5-8-20-18-36(26-23(28)13-15-34(26)14-4-2)27(37)35(20)17-19-11-12-24(29-16-19)21-9-6-7-10-22(21)25-30-32-33-31-25/h6-7,9-13,15-16,18H,3-5,8,14,17H2,1-2H3,(H,30,31,32,33). The molecule has 0 saturated carbocycles. The average molecular weight is 561 g/mol. The molecule has 190 valence electrons. The molecule has 1 aromatic carbocycles. The Bertz CT molecular complexity index is 1530. The van der Waals surface area contributed by atoms with E-state index in [1.807, 2.05) is 65.6 Å². The number of H-pyrrole nitrogens is 1. The van der Waals surface area contributed by atoms with Gasteiger partial charge in [-0.25, -0.2) is 9.89 Å². The van der Waals surface area contributed by atoms with Gasteiger partial charge in [-0.05, 0) is 63.3 Å². The van der Waals surface area contributed by atoms with Gasteiger partial charge in [-0.1, -0.05) is 50.6 Å². The minimum Gasteiger partial charge on any atom is -0.333 e. The van der Waals surface area contributed by atoms with Crippen LogP contribution in [0.4, 0.5) is 0 Å². The minimum atomic E-state index is -0.0462. The maximum Gasteiger partial charge on any atom is 0.334 e. The summed E-state index contributed by atoms with van der Waals surface area (Å²) in [6, 6.07) is 13.9. The van der Waals surface area contributed by atoms with Crippen molar-refractivity contribution in [2.45, 2.75) is 52.6 Å². The van der Waals surface area contributed by atoms with Crippen LogP contribution >= 0.6 is 15.9 Å². The highest BCUT2D eigenvalue weighted by atomic mass is 79.9. The van der Waals surface area contributed by atoms with Gasteiger partial charge in [-0.3, -0.25) is 14.1 Å². The van der Waals surface area contributed by atoms with Crippen LogP contribution in [0.5, 0.6) is 0 Å². The van der Waals surface area contributed by atoms with E-state index in [1.54, 1.807) is 4.57 Å². The molecule has 1 N–H and O–H groups in total. The summed E-state index contributed by atoms with van der Waals surface area (Å²) in [6.45, 7) is 5.60. The lowest BCUT2D eigenvalue weighted by Gasteiger charge is -2.10. The Morgan fingerprint density at radius 3 is 2.57 bits per heavy atom. The molecule has 37 heavy (non-hydrogen) atoms. The van der Waals surface area contributed by atoms with Gasteiger partial charge in [-0.15, -0.1) is 5.10 Å². The SMILES string of the molecule is CCCCc1cn(-c2c(Br)ccn2CCC)c(=O)n1Cc1ccc(-c2ccccc2-c2nnn[nH]2)nc1. The van der Waals surface area contributed by atoms with Gasteiger partial charge in [0, 0.05) is 42.0 Å². The first-order valence-electron chi connectivity index (χ1n) is 12.5. The van der Waals surface area contributed by atoms with Crippen molar-refractivity contribution in [1.82, 2.24) is 39.3 Å². The molecular weight excluding hydrogens is 532 g/mol. The third kappa shape index (κ3) is 5.06. The Balaban J connectivity index is 1.48. The van der Waals surface area contributed by atoms with Gasteiger partial charge in [-0.2, -0.15) is 0 Å². The van der Waals surface area contributed by atoms with Crippen molar-refractivity contribution < 1.29 is 0 Å². The summed E-state index contributed by atoms with van der Waals surface area (Å²) in [7, 11) is 0. The molecule has 0 aliphatic rings. The predicted octanol–water partition coefficient (Wildman–Crippen LogP) is 5.25. The van der Waals surface area contributed by atoms with E-state index in [9.17, 15) is 4.79 Å². The number of aryl methyl sites for hydroxylation is 2. The third-order valence-corrected chi connectivity index (χ3v) is 7.02. The lowest BCUT2D eigenvalue weighted by Crippen LogP contribution is -2.26. The van der Waals surface area contributed by atoms with Gasteiger partial charge in [0.15, 0.2) is 5.82 Å². The molecule has 5 aromatic rings. The van der Waals surface area contributed by atoms with Crippen molar-refractivity contribution in [3.8, 4) is 28.5 Å². The van der Waals surface area contributed by atoms with E-state index in [0.717, 1.165) is 70.6 Å². The molecule has 0 unspecified atom stereocenters. The van der Waals surface area contributed by atoms with Gasteiger partial charge in [0.25, 0.3) is 0 Å². The van der Waals surface area contributed by atoms with Crippen LogP contribution in [0.1, 0.15) is 44.4 Å². The summed E-state index contributed by atoms with van der Waals surface area (Å²) < 4.78 is 6.68. The number of hydrogen-bond donors (Lipinski definition) is 1. The Labute approximate surface area is 223 Å². The maximum atomic E-state index is 13.7. The summed E-state index contributed by atoms with van der Waals surface area (Å²) in [4.78, 5) is 18.4. The smallest absolute Gasteiger partial charge is 0.333 e. The number of aromatic amines is 1. The van der Waals surface area contributed by atoms with Gasteiger partial charge < -0.3 is 4.57 Å². The number of pyridine rings is 1. The first-order chi connectivity index (χ1) is 18.1. The Morgan fingerprint density at radius 2 is 1.86 bits per heavy atom. The zero-order chi connectivity index (χ0) is 25.8. The normalized spacial score (nSPS) is 11.3. The van der Waals surface area contributed by atoms with Gasteiger partial charge in [0.2, 0.25) is 0 Å². The van der Waals surface area contributed by atoms with E-state index in [0.29, 0.717) is 12.4 Å². The van der Waals surface area contributed by atoms with E-state index >= 15 is 0 Å². The van der Waals surface area contributed by atoms with E-state index in [4.69, 9.17) is 4.98 Å². The van der Waals surface area contributed by atoms with Gasteiger partial charge in [0.05, 0.1) is 16.7 Å². The van der Waals surface area contributed by atoms with Crippen molar-refractivity contribution in [2.24, 2.45) is 0 Å². The molecule has 10 heteroatoms. The van der Waals surface area contributed by atoms with Crippen LogP contribution in [0.25, 0.3) is 28.5 Å². The van der Waals surface area contributed by atoms with Gasteiger partial charge in [0.1, 0.15) is 5.82 Å². The molecule has 9 nitrogen and oxygen atoms in total. The summed E-state index contributed by atoms with van der Waals surface area (Å²) in [5.74, 6) is 1.46. The Hall–Kier alpha value is -3.79. The molecule has 4 aromatic heterocycles. The number of benzene rings is 1. The van der Waals surface area contributed by atoms with E-state index in [-0.39, 0.29) is 5.69 Å². The van der Waals surface area contributed by atoms with Crippen LogP contribution in [0.3, 0.4) is 0 Å². The second-order valence-electron chi connectivity index (χ2n) is 8.99. The molecule has 4 heterocycles. The molecule has 0 aliphatic heterocycles. The number of tetrazole rings is 1. The highest BCUT2D eigenvalue weighted by molar-refractivity contribution is 9.10. The second-order valence-corrected chi connectivity index (χ2v) is 9.84. The zero-order valence-corrected chi connectivity index (χ0v) is 22.5. The number of nitrogens with one attached hydrogen (secondary N) is 1. The number of unbranched alkanes of at least 4 members (excludes halogenated alkanes) is 1. The number of hydrogen-bond acceptors (Lipinski definition) is 5. The number of rotatable bonds is 10. The van der Waals surface area contributed by atoms with Crippen LogP contribution in [-0.4, -0.2) is 39.3 Å². The monoisotopic (exact) mass is 560 g/mol. The Kier molecular flexibility index (Phi) is 7.45. The van der Waals surface area contributed by atoms with Crippen LogP contribution in [0.2, 0.25) is 0 Å². The average Bonchev–Trinajstić information content (AvgIpc) is 3.65. The van der Waals surface area contributed by atoms with Crippen molar-refractivity contribution in [1.29, 1.82) is 0 Å². The fourth-order valence-electron chi connectivity index (χ4n) is 4.56. The number of imidazole rings is 1. The number of aromatic nitrogens is 8. The maximum absolute atomic E-state index is 13.7. The number of halogens is 1.